The van der Waals surface area contributed by atoms with Gasteiger partial charge in [0.05, 0.1) is 5.52 Å². The van der Waals surface area contributed by atoms with Crippen LogP contribution in [0.25, 0.3) is 21.8 Å². The molecule has 9 heteroatoms. The van der Waals surface area contributed by atoms with E-state index in [9.17, 15) is 22.8 Å². The lowest BCUT2D eigenvalue weighted by molar-refractivity contribution is -0.123. The Hall–Kier alpha value is -3.62. The summed E-state index contributed by atoms with van der Waals surface area (Å²) in [6, 6.07) is 11.1. The predicted octanol–water partition coefficient (Wildman–Crippen LogP) is 6.60. The summed E-state index contributed by atoms with van der Waals surface area (Å²) in [7, 11) is 1.95. The number of nitrogens with one attached hydrogen (secondary N) is 1. The van der Waals surface area contributed by atoms with Crippen molar-refractivity contribution in [2.45, 2.75) is 58.7 Å². The maximum absolute atomic E-state index is 13.0. The van der Waals surface area contributed by atoms with Crippen LogP contribution >= 0.6 is 0 Å². The number of ketones is 1. The molecule has 6 nitrogen and oxygen atoms in total. The van der Waals surface area contributed by atoms with E-state index >= 15 is 0 Å². The average molecular weight is 527 g/mol. The number of fused-ring (bicyclic) bond motifs is 2. The van der Waals surface area contributed by atoms with Gasteiger partial charge in [-0.2, -0.15) is 18.3 Å². The molecule has 0 bridgehead atoms. The molecule has 0 aliphatic rings. The standard InChI is InChI=1S/C29H33F3N4O2/c1-4-8-20(9-7-12-27(37)24-16-35(3)26-11-6-5-10-22(24)26)15-36-17-23-19(2)21(13-14-25(23)34-36)28(38)33-18-29(30,31)32/h5-6,10-11,13-14,16-17,20H,4,7-9,12,15,18H2,1-3H3,(H,33,38). The van der Waals surface area contributed by atoms with E-state index in [0.29, 0.717) is 30.0 Å². The second-order valence-corrected chi connectivity index (χ2v) is 9.96. The number of alkyl halides is 3. The monoisotopic (exact) mass is 526 g/mol. The minimum Gasteiger partial charge on any atom is -0.350 e. The Labute approximate surface area is 219 Å². The third kappa shape index (κ3) is 6.26. The number of para-hydroxylation sites is 1. The first-order valence-electron chi connectivity index (χ1n) is 13.0. The summed E-state index contributed by atoms with van der Waals surface area (Å²) in [6.45, 7) is 3.15. The zero-order valence-corrected chi connectivity index (χ0v) is 21.9. The van der Waals surface area contributed by atoms with Crippen molar-refractivity contribution in [3.05, 3.63) is 65.5 Å². The Bertz CT molecular complexity index is 1450. The van der Waals surface area contributed by atoms with Crippen LogP contribution in [-0.4, -0.2) is 38.8 Å². The summed E-state index contributed by atoms with van der Waals surface area (Å²) in [4.78, 5) is 25.3. The molecule has 4 rings (SSSR count). The molecule has 0 saturated carbocycles. The van der Waals surface area contributed by atoms with Gasteiger partial charge in [-0.25, -0.2) is 0 Å². The molecule has 0 aliphatic heterocycles. The van der Waals surface area contributed by atoms with Gasteiger partial charge in [0.25, 0.3) is 5.91 Å². The van der Waals surface area contributed by atoms with Crippen LogP contribution in [0.1, 0.15) is 65.3 Å². The third-order valence-electron chi connectivity index (χ3n) is 7.06. The van der Waals surface area contributed by atoms with Crippen molar-refractivity contribution in [2.75, 3.05) is 6.54 Å². The fourth-order valence-electron chi connectivity index (χ4n) is 5.15. The molecule has 1 N–H and O–H groups in total. The van der Waals surface area contributed by atoms with Crippen LogP contribution in [0, 0.1) is 12.8 Å². The van der Waals surface area contributed by atoms with E-state index in [0.717, 1.165) is 47.5 Å². The molecule has 0 spiro atoms. The number of carbonyl (C=O) groups is 2. The van der Waals surface area contributed by atoms with Crippen molar-refractivity contribution in [3.63, 3.8) is 0 Å². The molecule has 0 radical (unpaired) electrons. The second kappa shape index (κ2) is 11.4. The SMILES string of the molecule is CCCC(CCCC(=O)c1cn(C)c2ccccc12)Cn1cc2c(C)c(C(=O)NCC(F)(F)F)ccc2n1. The zero-order valence-electron chi connectivity index (χ0n) is 21.9. The highest BCUT2D eigenvalue weighted by Gasteiger charge is 2.28. The van der Waals surface area contributed by atoms with Gasteiger partial charge in [0.1, 0.15) is 6.54 Å². The summed E-state index contributed by atoms with van der Waals surface area (Å²) < 4.78 is 41.4. The van der Waals surface area contributed by atoms with Gasteiger partial charge in [-0.3, -0.25) is 14.3 Å². The highest BCUT2D eigenvalue weighted by atomic mass is 19.4. The fourth-order valence-corrected chi connectivity index (χ4v) is 5.15. The van der Waals surface area contributed by atoms with Crippen molar-refractivity contribution in [1.82, 2.24) is 19.7 Å². The van der Waals surface area contributed by atoms with E-state index in [1.807, 2.05) is 58.3 Å². The number of halogens is 3. The molecule has 0 saturated heterocycles. The summed E-state index contributed by atoms with van der Waals surface area (Å²) >= 11 is 0. The number of carbonyl (C=O) groups excluding carboxylic acids is 2. The Morgan fingerprint density at radius 3 is 2.53 bits per heavy atom. The van der Waals surface area contributed by atoms with Gasteiger partial charge in [-0.05, 0) is 55.9 Å². The maximum atomic E-state index is 13.0. The van der Waals surface area contributed by atoms with Gasteiger partial charge < -0.3 is 9.88 Å². The average Bonchev–Trinajstić information content (AvgIpc) is 3.44. The van der Waals surface area contributed by atoms with E-state index in [4.69, 9.17) is 0 Å². The lowest BCUT2D eigenvalue weighted by Crippen LogP contribution is -2.34. The minimum atomic E-state index is -4.47. The minimum absolute atomic E-state index is 0.147. The van der Waals surface area contributed by atoms with E-state index in [1.165, 1.54) is 6.07 Å². The molecule has 2 aromatic heterocycles. The Morgan fingerprint density at radius 2 is 1.79 bits per heavy atom. The molecule has 38 heavy (non-hydrogen) atoms. The van der Waals surface area contributed by atoms with Crippen LogP contribution in [0.3, 0.4) is 0 Å². The van der Waals surface area contributed by atoms with Gasteiger partial charge in [0.2, 0.25) is 0 Å². The lowest BCUT2D eigenvalue weighted by Gasteiger charge is -2.16. The smallest absolute Gasteiger partial charge is 0.350 e. The first-order chi connectivity index (χ1) is 18.1. The molecule has 2 heterocycles. The van der Waals surface area contributed by atoms with Crippen LogP contribution in [0.5, 0.6) is 0 Å². The number of Topliss-reactive ketones (excluding diaryl/α,β-unsaturated/α-hetero) is 1. The first kappa shape index (κ1) is 27.4. The van der Waals surface area contributed by atoms with Gasteiger partial charge >= 0.3 is 6.18 Å². The molecule has 4 aromatic rings. The molecule has 0 fully saturated rings. The number of hydrogen-bond acceptors (Lipinski definition) is 3. The molecule has 202 valence electrons. The topological polar surface area (TPSA) is 68.9 Å². The highest BCUT2D eigenvalue weighted by Crippen LogP contribution is 2.26. The number of benzene rings is 2. The van der Waals surface area contributed by atoms with Crippen molar-refractivity contribution in [3.8, 4) is 0 Å². The van der Waals surface area contributed by atoms with Gasteiger partial charge in [0.15, 0.2) is 5.78 Å². The highest BCUT2D eigenvalue weighted by molar-refractivity contribution is 6.08. The fraction of sp³-hybridized carbons (Fsp3) is 0.414. The lowest BCUT2D eigenvalue weighted by atomic mass is 9.95. The maximum Gasteiger partial charge on any atom is 0.405 e. The molecular weight excluding hydrogens is 493 g/mol. The number of rotatable bonds is 11. The Balaban J connectivity index is 1.41. The summed E-state index contributed by atoms with van der Waals surface area (Å²) in [6.07, 6.45) is 3.42. The predicted molar refractivity (Wildman–Crippen MR) is 142 cm³/mol. The van der Waals surface area contributed by atoms with E-state index < -0.39 is 18.6 Å². The Kier molecular flexibility index (Phi) is 8.23. The van der Waals surface area contributed by atoms with E-state index in [1.54, 1.807) is 13.0 Å². The van der Waals surface area contributed by atoms with Crippen molar-refractivity contribution in [2.24, 2.45) is 13.0 Å². The largest absolute Gasteiger partial charge is 0.405 e. The van der Waals surface area contributed by atoms with Crippen LogP contribution < -0.4 is 5.32 Å². The summed E-state index contributed by atoms with van der Waals surface area (Å²) in [5, 5.41) is 8.30. The quantitative estimate of drug-likeness (QED) is 0.224. The number of amides is 1. The molecule has 1 atom stereocenters. The molecular formula is C29H33F3N4O2. The van der Waals surface area contributed by atoms with E-state index in [2.05, 4.69) is 12.0 Å². The molecule has 2 aromatic carbocycles. The van der Waals surface area contributed by atoms with Crippen LogP contribution in [0.2, 0.25) is 0 Å². The third-order valence-corrected chi connectivity index (χ3v) is 7.06. The number of hydrogen-bond donors (Lipinski definition) is 1. The van der Waals surface area contributed by atoms with Gasteiger partial charge in [-0.15, -0.1) is 0 Å². The van der Waals surface area contributed by atoms with Crippen molar-refractivity contribution in [1.29, 1.82) is 0 Å². The number of nitrogens with zero attached hydrogens (tertiary/aromatic N) is 3. The number of aromatic nitrogens is 3. The van der Waals surface area contributed by atoms with Gasteiger partial charge in [0, 0.05) is 59.8 Å². The Morgan fingerprint density at radius 1 is 1.03 bits per heavy atom. The normalized spacial score (nSPS) is 12.8. The van der Waals surface area contributed by atoms with Crippen LogP contribution in [0.4, 0.5) is 13.2 Å². The van der Waals surface area contributed by atoms with Crippen LogP contribution in [-0.2, 0) is 13.6 Å². The molecule has 1 amide bonds. The second-order valence-electron chi connectivity index (χ2n) is 9.96. The van der Waals surface area contributed by atoms with Crippen LogP contribution in [0.15, 0.2) is 48.8 Å². The summed E-state index contributed by atoms with van der Waals surface area (Å²) in [5.74, 6) is -0.285. The van der Waals surface area contributed by atoms with E-state index in [-0.39, 0.29) is 11.3 Å². The molecule has 1 unspecified atom stereocenters. The zero-order chi connectivity index (χ0) is 27.4. The van der Waals surface area contributed by atoms with Crippen molar-refractivity contribution < 1.29 is 22.8 Å². The molecule has 0 aliphatic carbocycles. The summed E-state index contributed by atoms with van der Waals surface area (Å²) in [5.41, 5.74) is 3.30. The van der Waals surface area contributed by atoms with Gasteiger partial charge in [-0.1, -0.05) is 31.5 Å². The van der Waals surface area contributed by atoms with Crippen molar-refractivity contribution >= 4 is 33.5 Å². The number of aryl methyl sites for hydroxylation is 2. The first-order valence-corrected chi connectivity index (χ1v) is 13.0.